The molecule has 0 aromatic rings. The van der Waals surface area contributed by atoms with E-state index in [1.807, 2.05) is 27.7 Å². The number of rotatable bonds is 0. The summed E-state index contributed by atoms with van der Waals surface area (Å²) < 4.78 is 5.21. The Morgan fingerprint density at radius 3 is 2.60 bits per heavy atom. The molecular formula is C11H17NO3. The standard InChI is InChI=1S/C11H17NO3/c1-8-7-9(13)5-6-12(8)10(14)15-11(2,3)4/h5-6,8H,7H2,1-4H3. The summed E-state index contributed by atoms with van der Waals surface area (Å²) >= 11 is 0. The van der Waals surface area contributed by atoms with Gasteiger partial charge in [-0.2, -0.15) is 0 Å². The van der Waals surface area contributed by atoms with Crippen LogP contribution in [0.5, 0.6) is 0 Å². The van der Waals surface area contributed by atoms with Crippen LogP contribution in [0.2, 0.25) is 0 Å². The van der Waals surface area contributed by atoms with Gasteiger partial charge in [-0.1, -0.05) is 0 Å². The van der Waals surface area contributed by atoms with Crippen molar-refractivity contribution < 1.29 is 14.3 Å². The normalized spacial score (nSPS) is 21.7. The van der Waals surface area contributed by atoms with Crippen molar-refractivity contribution in [3.05, 3.63) is 12.3 Å². The Hall–Kier alpha value is -1.32. The van der Waals surface area contributed by atoms with Gasteiger partial charge in [-0.15, -0.1) is 0 Å². The maximum atomic E-state index is 11.7. The quantitative estimate of drug-likeness (QED) is 0.616. The number of hydrogen-bond acceptors (Lipinski definition) is 3. The third-order valence-corrected chi connectivity index (χ3v) is 2.00. The SMILES string of the molecule is CC1CC(=O)C=CN1C(=O)OC(C)(C)C. The molecule has 1 rings (SSSR count). The van der Waals surface area contributed by atoms with Crippen molar-refractivity contribution in [1.82, 2.24) is 4.90 Å². The van der Waals surface area contributed by atoms with Crippen LogP contribution in [0.3, 0.4) is 0 Å². The first-order valence-electron chi connectivity index (χ1n) is 5.02. The Balaban J connectivity index is 2.68. The monoisotopic (exact) mass is 211 g/mol. The first-order valence-corrected chi connectivity index (χ1v) is 5.02. The van der Waals surface area contributed by atoms with E-state index < -0.39 is 11.7 Å². The molecule has 4 heteroatoms. The number of amides is 1. The highest BCUT2D eigenvalue weighted by molar-refractivity contribution is 5.92. The van der Waals surface area contributed by atoms with Gasteiger partial charge in [0.25, 0.3) is 0 Å². The molecule has 1 aliphatic heterocycles. The molecule has 1 aliphatic rings. The number of allylic oxidation sites excluding steroid dienone is 1. The molecule has 0 saturated heterocycles. The van der Waals surface area contributed by atoms with E-state index >= 15 is 0 Å². The highest BCUT2D eigenvalue weighted by Crippen LogP contribution is 2.16. The largest absolute Gasteiger partial charge is 0.443 e. The Labute approximate surface area is 89.9 Å². The summed E-state index contributed by atoms with van der Waals surface area (Å²) in [6.07, 6.45) is 2.85. The van der Waals surface area contributed by atoms with Crippen LogP contribution in [0.1, 0.15) is 34.1 Å². The second-order valence-corrected chi connectivity index (χ2v) is 4.72. The van der Waals surface area contributed by atoms with E-state index in [9.17, 15) is 9.59 Å². The Kier molecular flexibility index (Phi) is 3.17. The summed E-state index contributed by atoms with van der Waals surface area (Å²) in [4.78, 5) is 24.2. The Morgan fingerprint density at radius 2 is 2.13 bits per heavy atom. The third-order valence-electron chi connectivity index (χ3n) is 2.00. The van der Waals surface area contributed by atoms with Gasteiger partial charge in [0.1, 0.15) is 5.60 Å². The zero-order valence-corrected chi connectivity index (χ0v) is 9.61. The lowest BCUT2D eigenvalue weighted by atomic mass is 10.1. The van der Waals surface area contributed by atoms with E-state index in [0.717, 1.165) is 0 Å². The van der Waals surface area contributed by atoms with Crippen molar-refractivity contribution in [3.8, 4) is 0 Å². The molecule has 4 nitrogen and oxygen atoms in total. The topological polar surface area (TPSA) is 46.6 Å². The summed E-state index contributed by atoms with van der Waals surface area (Å²) in [5.74, 6) is 0.0438. The van der Waals surface area contributed by atoms with Crippen LogP contribution in [0.4, 0.5) is 4.79 Å². The number of hydrogen-bond donors (Lipinski definition) is 0. The predicted molar refractivity (Wildman–Crippen MR) is 56.3 cm³/mol. The van der Waals surface area contributed by atoms with Gasteiger partial charge < -0.3 is 4.74 Å². The van der Waals surface area contributed by atoms with E-state index in [2.05, 4.69) is 0 Å². The number of carbonyl (C=O) groups is 2. The molecule has 15 heavy (non-hydrogen) atoms. The molecule has 1 amide bonds. The van der Waals surface area contributed by atoms with Crippen molar-refractivity contribution in [2.45, 2.75) is 45.8 Å². The molecule has 84 valence electrons. The molecule has 1 atom stereocenters. The van der Waals surface area contributed by atoms with E-state index in [1.54, 1.807) is 0 Å². The van der Waals surface area contributed by atoms with Crippen molar-refractivity contribution >= 4 is 11.9 Å². The van der Waals surface area contributed by atoms with Gasteiger partial charge in [-0.05, 0) is 33.8 Å². The molecule has 0 radical (unpaired) electrons. The number of nitrogens with zero attached hydrogens (tertiary/aromatic N) is 1. The molecule has 1 heterocycles. The average molecular weight is 211 g/mol. The van der Waals surface area contributed by atoms with Gasteiger partial charge in [0.2, 0.25) is 0 Å². The van der Waals surface area contributed by atoms with Crippen LogP contribution in [-0.4, -0.2) is 28.4 Å². The van der Waals surface area contributed by atoms with Crippen molar-refractivity contribution in [3.63, 3.8) is 0 Å². The molecule has 0 bridgehead atoms. The first kappa shape index (κ1) is 11.8. The van der Waals surface area contributed by atoms with Gasteiger partial charge in [0.15, 0.2) is 5.78 Å². The molecule has 0 aliphatic carbocycles. The summed E-state index contributed by atoms with van der Waals surface area (Å²) in [6.45, 7) is 7.27. The lowest BCUT2D eigenvalue weighted by Crippen LogP contribution is -2.41. The van der Waals surface area contributed by atoms with Gasteiger partial charge in [0.05, 0.1) is 0 Å². The zero-order valence-electron chi connectivity index (χ0n) is 9.61. The molecule has 0 N–H and O–H groups in total. The van der Waals surface area contributed by atoms with Gasteiger partial charge >= 0.3 is 6.09 Å². The van der Waals surface area contributed by atoms with E-state index in [1.165, 1.54) is 17.2 Å². The van der Waals surface area contributed by atoms with Crippen molar-refractivity contribution in [1.29, 1.82) is 0 Å². The number of ketones is 1. The lowest BCUT2D eigenvalue weighted by Gasteiger charge is -2.30. The highest BCUT2D eigenvalue weighted by Gasteiger charge is 2.27. The molecule has 0 aromatic heterocycles. The lowest BCUT2D eigenvalue weighted by molar-refractivity contribution is -0.116. The predicted octanol–water partition coefficient (Wildman–Crippen LogP) is 2.10. The van der Waals surface area contributed by atoms with E-state index in [4.69, 9.17) is 4.74 Å². The Bertz CT molecular complexity index is 301. The fourth-order valence-corrected chi connectivity index (χ4v) is 1.32. The first-order chi connectivity index (χ1) is 6.79. The minimum absolute atomic E-state index is 0.0438. The van der Waals surface area contributed by atoms with Crippen LogP contribution >= 0.6 is 0 Å². The second kappa shape index (κ2) is 4.04. The van der Waals surface area contributed by atoms with Crippen molar-refractivity contribution in [2.24, 2.45) is 0 Å². The molecule has 0 spiro atoms. The van der Waals surface area contributed by atoms with Crippen molar-refractivity contribution in [2.75, 3.05) is 0 Å². The maximum absolute atomic E-state index is 11.7. The summed E-state index contributed by atoms with van der Waals surface area (Å²) in [5, 5.41) is 0. The number of ether oxygens (including phenoxy) is 1. The summed E-state index contributed by atoms with van der Waals surface area (Å²) in [6, 6.07) is -0.127. The zero-order chi connectivity index (χ0) is 11.6. The minimum Gasteiger partial charge on any atom is -0.443 e. The fourth-order valence-electron chi connectivity index (χ4n) is 1.32. The third kappa shape index (κ3) is 3.38. The van der Waals surface area contributed by atoms with E-state index in [-0.39, 0.29) is 11.8 Å². The second-order valence-electron chi connectivity index (χ2n) is 4.72. The van der Waals surface area contributed by atoms with Crippen LogP contribution in [0, 0.1) is 0 Å². The molecule has 1 unspecified atom stereocenters. The number of carbonyl (C=O) groups excluding carboxylic acids is 2. The van der Waals surface area contributed by atoms with Gasteiger partial charge in [-0.25, -0.2) is 4.79 Å². The fraction of sp³-hybridized carbons (Fsp3) is 0.636. The molecule has 0 saturated carbocycles. The Morgan fingerprint density at radius 1 is 1.53 bits per heavy atom. The van der Waals surface area contributed by atoms with Crippen LogP contribution in [0.15, 0.2) is 12.3 Å². The van der Waals surface area contributed by atoms with E-state index in [0.29, 0.717) is 6.42 Å². The average Bonchev–Trinajstić information content (AvgIpc) is 1.99. The van der Waals surface area contributed by atoms with Crippen LogP contribution in [-0.2, 0) is 9.53 Å². The smallest absolute Gasteiger partial charge is 0.414 e. The van der Waals surface area contributed by atoms with Gasteiger partial charge in [-0.3, -0.25) is 9.69 Å². The van der Waals surface area contributed by atoms with Crippen LogP contribution < -0.4 is 0 Å². The molecular weight excluding hydrogens is 194 g/mol. The summed E-state index contributed by atoms with van der Waals surface area (Å²) in [5.41, 5.74) is -0.508. The van der Waals surface area contributed by atoms with Gasteiger partial charge in [0, 0.05) is 18.7 Å². The minimum atomic E-state index is -0.508. The maximum Gasteiger partial charge on any atom is 0.414 e. The highest BCUT2D eigenvalue weighted by atomic mass is 16.6. The molecule has 0 fully saturated rings. The van der Waals surface area contributed by atoms with Crippen LogP contribution in [0.25, 0.3) is 0 Å². The molecule has 0 aromatic carbocycles. The summed E-state index contributed by atoms with van der Waals surface area (Å²) in [7, 11) is 0.